The van der Waals surface area contributed by atoms with Crippen LogP contribution in [0.3, 0.4) is 0 Å². The zero-order valence-corrected chi connectivity index (χ0v) is 5.72. The van der Waals surface area contributed by atoms with Gasteiger partial charge in [0.15, 0.2) is 12.7 Å². The first kappa shape index (κ1) is 7.86. The van der Waals surface area contributed by atoms with E-state index in [9.17, 15) is 20.2 Å². The molecule has 1 saturated heterocycles. The molecular weight excluding hydrogens is 156 g/mol. The lowest BCUT2D eigenvalue weighted by Crippen LogP contribution is -2.67. The van der Waals surface area contributed by atoms with E-state index in [4.69, 9.17) is 0 Å². The Morgan fingerprint density at radius 2 is 1.91 bits per heavy atom. The smallest absolute Gasteiger partial charge is 0.348 e. The molecule has 1 unspecified atom stereocenters. The standard InChI is InChI=1S/C4H6N2O5/c1-3-4(2-11-3,5(7)8)6(9)10/h3H,2H2,1H3. The van der Waals surface area contributed by atoms with E-state index in [1.807, 2.05) is 0 Å². The van der Waals surface area contributed by atoms with Crippen molar-refractivity contribution < 1.29 is 14.6 Å². The predicted molar refractivity (Wildman–Crippen MR) is 32.1 cm³/mol. The summed E-state index contributed by atoms with van der Waals surface area (Å²) in [6, 6.07) is 0. The van der Waals surface area contributed by atoms with Crippen LogP contribution in [0.2, 0.25) is 0 Å². The molecule has 1 aliphatic heterocycles. The van der Waals surface area contributed by atoms with Crippen LogP contribution in [-0.4, -0.2) is 28.2 Å². The van der Waals surface area contributed by atoms with Crippen LogP contribution < -0.4 is 0 Å². The highest BCUT2D eigenvalue weighted by Crippen LogP contribution is 2.28. The first-order valence-corrected chi connectivity index (χ1v) is 2.92. The molecule has 1 atom stereocenters. The van der Waals surface area contributed by atoms with Gasteiger partial charge < -0.3 is 4.74 Å². The maximum Gasteiger partial charge on any atom is 0.505 e. The van der Waals surface area contributed by atoms with Crippen LogP contribution in [0.4, 0.5) is 0 Å². The van der Waals surface area contributed by atoms with E-state index in [1.165, 1.54) is 6.92 Å². The van der Waals surface area contributed by atoms with Crippen LogP contribution in [0.1, 0.15) is 6.92 Å². The van der Waals surface area contributed by atoms with Gasteiger partial charge in [0, 0.05) is 0 Å². The van der Waals surface area contributed by atoms with E-state index < -0.39 is 28.2 Å². The van der Waals surface area contributed by atoms with Crippen LogP contribution >= 0.6 is 0 Å². The number of rotatable bonds is 2. The molecule has 1 rings (SSSR count). The number of hydrogen-bond acceptors (Lipinski definition) is 5. The number of nitrogens with zero attached hydrogens (tertiary/aromatic N) is 2. The van der Waals surface area contributed by atoms with Gasteiger partial charge in [0.05, 0.1) is 0 Å². The number of hydrogen-bond donors (Lipinski definition) is 0. The van der Waals surface area contributed by atoms with E-state index >= 15 is 0 Å². The van der Waals surface area contributed by atoms with Gasteiger partial charge in [0.1, 0.15) is 9.85 Å². The molecule has 0 amide bonds. The van der Waals surface area contributed by atoms with Crippen LogP contribution in [0, 0.1) is 20.2 Å². The molecular formula is C4H6N2O5. The van der Waals surface area contributed by atoms with Crippen molar-refractivity contribution in [1.29, 1.82) is 0 Å². The summed E-state index contributed by atoms with van der Waals surface area (Å²) >= 11 is 0. The van der Waals surface area contributed by atoms with E-state index in [0.29, 0.717) is 0 Å². The van der Waals surface area contributed by atoms with Gasteiger partial charge in [-0.2, -0.15) is 0 Å². The second-order valence-electron chi connectivity index (χ2n) is 2.35. The van der Waals surface area contributed by atoms with Crippen molar-refractivity contribution in [2.24, 2.45) is 0 Å². The second-order valence-corrected chi connectivity index (χ2v) is 2.35. The van der Waals surface area contributed by atoms with Crippen LogP contribution in [-0.2, 0) is 4.74 Å². The number of ether oxygens (including phenoxy) is 1. The molecule has 0 N–H and O–H groups in total. The molecule has 0 spiro atoms. The summed E-state index contributed by atoms with van der Waals surface area (Å²) in [4.78, 5) is 18.7. The molecule has 0 bridgehead atoms. The third kappa shape index (κ3) is 0.773. The van der Waals surface area contributed by atoms with Crippen molar-refractivity contribution in [2.45, 2.75) is 18.7 Å². The Morgan fingerprint density at radius 3 is 1.91 bits per heavy atom. The molecule has 0 aromatic rings. The molecule has 0 saturated carbocycles. The summed E-state index contributed by atoms with van der Waals surface area (Å²) < 4.78 is 4.59. The molecule has 0 radical (unpaired) electrons. The average molecular weight is 162 g/mol. The predicted octanol–water partition coefficient (Wildman–Crippen LogP) is -0.345. The third-order valence-corrected chi connectivity index (χ3v) is 1.83. The monoisotopic (exact) mass is 162 g/mol. The van der Waals surface area contributed by atoms with Gasteiger partial charge >= 0.3 is 5.66 Å². The Hall–Kier alpha value is -1.24. The molecule has 1 fully saturated rings. The maximum atomic E-state index is 10.2. The maximum absolute atomic E-state index is 10.2. The molecule has 7 nitrogen and oxygen atoms in total. The van der Waals surface area contributed by atoms with Crippen molar-refractivity contribution in [1.82, 2.24) is 0 Å². The highest BCUT2D eigenvalue weighted by molar-refractivity contribution is 4.83. The lowest BCUT2D eigenvalue weighted by molar-refractivity contribution is -0.831. The van der Waals surface area contributed by atoms with Gasteiger partial charge in [-0.15, -0.1) is 0 Å². The van der Waals surface area contributed by atoms with Crippen LogP contribution in [0.5, 0.6) is 0 Å². The summed E-state index contributed by atoms with van der Waals surface area (Å²) in [5.41, 5.74) is -2.10. The van der Waals surface area contributed by atoms with Crippen molar-refractivity contribution in [3.05, 3.63) is 20.2 Å². The molecule has 1 aliphatic rings. The van der Waals surface area contributed by atoms with Gasteiger partial charge in [-0.3, -0.25) is 20.2 Å². The summed E-state index contributed by atoms with van der Waals surface area (Å²) in [5.74, 6) is 0. The van der Waals surface area contributed by atoms with Gasteiger partial charge in [-0.05, 0) is 6.92 Å². The first-order chi connectivity index (χ1) is 5.01. The molecule has 11 heavy (non-hydrogen) atoms. The molecule has 0 aliphatic carbocycles. The normalized spacial score (nSPS) is 27.2. The van der Waals surface area contributed by atoms with E-state index in [0.717, 1.165) is 0 Å². The molecule has 0 aromatic carbocycles. The first-order valence-electron chi connectivity index (χ1n) is 2.92. The van der Waals surface area contributed by atoms with Crippen molar-refractivity contribution in [3.63, 3.8) is 0 Å². The van der Waals surface area contributed by atoms with E-state index in [1.54, 1.807) is 0 Å². The van der Waals surface area contributed by atoms with Crippen molar-refractivity contribution in [3.8, 4) is 0 Å². The topological polar surface area (TPSA) is 95.5 Å². The Kier molecular flexibility index (Phi) is 1.52. The Balaban J connectivity index is 2.90. The average Bonchev–Trinajstić information content (AvgIpc) is 1.83. The van der Waals surface area contributed by atoms with E-state index in [2.05, 4.69) is 4.74 Å². The largest absolute Gasteiger partial charge is 0.505 e. The zero-order chi connectivity index (χ0) is 8.65. The third-order valence-electron chi connectivity index (χ3n) is 1.83. The lowest BCUT2D eigenvalue weighted by Gasteiger charge is -2.30. The van der Waals surface area contributed by atoms with Crippen LogP contribution in [0.15, 0.2) is 0 Å². The Bertz CT molecular complexity index is 201. The Labute approximate surface area is 61.2 Å². The summed E-state index contributed by atoms with van der Waals surface area (Å²) in [6.45, 7) is 0.878. The van der Waals surface area contributed by atoms with Gasteiger partial charge in [-0.25, -0.2) is 0 Å². The minimum absolute atomic E-state index is 0.436. The molecule has 62 valence electrons. The lowest BCUT2D eigenvalue weighted by atomic mass is 10.0. The minimum atomic E-state index is -2.10. The van der Waals surface area contributed by atoms with Crippen LogP contribution in [0.25, 0.3) is 0 Å². The number of nitro groups is 2. The molecule has 7 heteroatoms. The zero-order valence-electron chi connectivity index (χ0n) is 5.72. The summed E-state index contributed by atoms with van der Waals surface area (Å²) in [6.07, 6.45) is -0.938. The molecule has 0 aromatic heterocycles. The fourth-order valence-electron chi connectivity index (χ4n) is 0.868. The van der Waals surface area contributed by atoms with Gasteiger partial charge in [-0.1, -0.05) is 0 Å². The van der Waals surface area contributed by atoms with Gasteiger partial charge in [0.25, 0.3) is 0 Å². The quantitative estimate of drug-likeness (QED) is 0.314. The highest BCUT2D eigenvalue weighted by Gasteiger charge is 2.69. The second kappa shape index (κ2) is 2.12. The van der Waals surface area contributed by atoms with Gasteiger partial charge in [0.2, 0.25) is 0 Å². The highest BCUT2D eigenvalue weighted by atomic mass is 16.7. The molecule has 1 heterocycles. The summed E-state index contributed by atoms with van der Waals surface area (Å²) in [5, 5.41) is 20.5. The van der Waals surface area contributed by atoms with Crippen molar-refractivity contribution in [2.75, 3.05) is 6.61 Å². The van der Waals surface area contributed by atoms with E-state index in [-0.39, 0.29) is 0 Å². The Morgan fingerprint density at radius 1 is 1.45 bits per heavy atom. The van der Waals surface area contributed by atoms with Crippen molar-refractivity contribution >= 4 is 0 Å². The fourth-order valence-corrected chi connectivity index (χ4v) is 0.868. The fraction of sp³-hybridized carbons (Fsp3) is 1.00. The SMILES string of the molecule is CC1OCC1([N+](=O)[O-])[N+](=O)[O-]. The summed E-state index contributed by atoms with van der Waals surface area (Å²) in [7, 11) is 0. The minimum Gasteiger partial charge on any atom is -0.348 e.